The lowest BCUT2D eigenvalue weighted by Crippen LogP contribution is -2.07. The molecule has 0 fully saturated rings. The number of rotatable bonds is 3. The van der Waals surface area contributed by atoms with Gasteiger partial charge < -0.3 is 34.6 Å². The molecule has 0 amide bonds. The molecule has 0 heterocycles. The number of aliphatic carboxylic acids is 1. The van der Waals surface area contributed by atoms with Gasteiger partial charge in [-0.05, 0) is 0 Å². The zero-order chi connectivity index (χ0) is 18.6. The van der Waals surface area contributed by atoms with Gasteiger partial charge in [0.05, 0.1) is 0 Å². The second kappa shape index (κ2) is 23.8. The van der Waals surface area contributed by atoms with Gasteiger partial charge in [-0.25, -0.2) is 0 Å². The third kappa shape index (κ3) is 109. The molecule has 11 nitrogen and oxygen atoms in total. The molecule has 0 bridgehead atoms. The van der Waals surface area contributed by atoms with Gasteiger partial charge in [-0.15, -0.1) is 0 Å². The van der Waals surface area contributed by atoms with Crippen molar-refractivity contribution >= 4 is 23.9 Å². The van der Waals surface area contributed by atoms with Crippen molar-refractivity contribution in [2.24, 2.45) is 0 Å². The molecule has 0 spiro atoms. The molecule has 0 aliphatic carbocycles. The minimum absolute atomic E-state index is 0.287. The topological polar surface area (TPSA) is 177 Å². The number of carbonyl (C=O) groups is 4. The second-order valence-corrected chi connectivity index (χ2v) is 2.82. The van der Waals surface area contributed by atoms with Crippen LogP contribution >= 0.6 is 0 Å². The number of carboxylic acids is 1. The van der Waals surface area contributed by atoms with E-state index in [4.69, 9.17) is 25.2 Å². The largest absolute Gasteiger partial charge is 0.481 e. The number of hydrogen-bond acceptors (Lipinski definition) is 10. The van der Waals surface area contributed by atoms with Crippen LogP contribution in [0.2, 0.25) is 0 Å². The molecule has 0 aromatic carbocycles. The highest BCUT2D eigenvalue weighted by Crippen LogP contribution is 1.79. The first-order valence-corrected chi connectivity index (χ1v) is 5.47. The number of carbonyl (C=O) groups excluding carboxylic acids is 3. The Kier molecular flexibility index (Phi) is 30.3. The van der Waals surface area contributed by atoms with Gasteiger partial charge in [-0.1, -0.05) is 0 Å². The van der Waals surface area contributed by atoms with Crippen LogP contribution in [0.3, 0.4) is 0 Å². The first-order chi connectivity index (χ1) is 10.0. The van der Waals surface area contributed by atoms with Crippen LogP contribution in [0.4, 0.5) is 0 Å². The number of aliphatic hydroxyl groups is 3. The van der Waals surface area contributed by atoms with Crippen LogP contribution in [0.25, 0.3) is 0 Å². The van der Waals surface area contributed by atoms with Crippen LogP contribution in [0.15, 0.2) is 0 Å². The standard InChI is InChI=1S/C5H8O4.C3H6O3.C2H4O2.CH4O2/c1-4(6)8-3-9-5(2)7;1-3(5)6-2-4;1-2(3)4;2-1-3/h3H2,1-2H3;4H,2H2,1H3;1H3,(H,3,4);2-3H,1H2. The molecule has 0 aromatic heterocycles. The Balaban J connectivity index is -0.000000108. The highest BCUT2D eigenvalue weighted by atomic mass is 16.7. The van der Waals surface area contributed by atoms with E-state index in [-0.39, 0.29) is 6.79 Å². The molecular weight excluding hydrogens is 308 g/mol. The fourth-order valence-corrected chi connectivity index (χ4v) is 0.286. The van der Waals surface area contributed by atoms with E-state index in [1.165, 1.54) is 20.8 Å². The van der Waals surface area contributed by atoms with Gasteiger partial charge in [0.15, 0.2) is 6.79 Å². The molecule has 4 N–H and O–H groups in total. The van der Waals surface area contributed by atoms with Gasteiger partial charge in [0.2, 0.25) is 6.79 Å². The van der Waals surface area contributed by atoms with E-state index in [9.17, 15) is 14.4 Å². The quantitative estimate of drug-likeness (QED) is 0.353. The summed E-state index contributed by atoms with van der Waals surface area (Å²) in [5.41, 5.74) is 0. The number of carboxylic acid groups (broad SMARTS) is 1. The molecule has 22 heavy (non-hydrogen) atoms. The SMILES string of the molecule is CC(=O)O.CC(=O)OCO.CC(=O)OCOC(C)=O.OCO. The van der Waals surface area contributed by atoms with Gasteiger partial charge >= 0.3 is 17.9 Å². The fourth-order valence-electron chi connectivity index (χ4n) is 0.286. The van der Waals surface area contributed by atoms with Crippen molar-refractivity contribution in [2.75, 3.05) is 20.4 Å². The van der Waals surface area contributed by atoms with E-state index in [2.05, 4.69) is 14.2 Å². The van der Waals surface area contributed by atoms with Gasteiger partial charge in [-0.3, -0.25) is 19.2 Å². The summed E-state index contributed by atoms with van der Waals surface area (Å²) < 4.78 is 12.5. The summed E-state index contributed by atoms with van der Waals surface area (Å²) >= 11 is 0. The van der Waals surface area contributed by atoms with Crippen molar-refractivity contribution in [3.63, 3.8) is 0 Å². The average Bonchev–Trinajstić information content (AvgIpc) is 2.28. The summed E-state index contributed by atoms with van der Waals surface area (Å²) in [5.74, 6) is -2.22. The normalized spacial score (nSPS) is 7.41. The first-order valence-electron chi connectivity index (χ1n) is 5.47. The Bertz CT molecular complexity index is 282. The van der Waals surface area contributed by atoms with Crippen LogP contribution in [0.1, 0.15) is 27.7 Å². The molecule has 0 aliphatic rings. The maximum atomic E-state index is 10.0. The highest BCUT2D eigenvalue weighted by molar-refractivity contribution is 5.67. The molecule has 0 atom stereocenters. The first kappa shape index (κ1) is 28.0. The van der Waals surface area contributed by atoms with Crippen LogP contribution in [0.5, 0.6) is 0 Å². The molecule has 0 saturated carbocycles. The van der Waals surface area contributed by atoms with E-state index >= 15 is 0 Å². The Morgan fingerprint density at radius 2 is 0.955 bits per heavy atom. The summed E-state index contributed by atoms with van der Waals surface area (Å²) in [6.07, 6.45) is 0. The van der Waals surface area contributed by atoms with Gasteiger partial charge in [-0.2, -0.15) is 0 Å². The third-order valence-electron chi connectivity index (χ3n) is 0.792. The lowest BCUT2D eigenvalue weighted by atomic mass is 10.8. The van der Waals surface area contributed by atoms with Crippen molar-refractivity contribution < 1.29 is 53.8 Å². The second-order valence-electron chi connectivity index (χ2n) is 2.82. The smallest absolute Gasteiger partial charge is 0.305 e. The predicted octanol–water partition coefficient (Wildman–Crippen LogP) is -1.41. The summed E-state index contributed by atoms with van der Waals surface area (Å²) in [6, 6.07) is 0. The van der Waals surface area contributed by atoms with E-state index in [0.29, 0.717) is 0 Å². The Morgan fingerprint density at radius 1 is 0.727 bits per heavy atom. The van der Waals surface area contributed by atoms with Crippen LogP contribution in [-0.2, 0) is 33.4 Å². The minimum Gasteiger partial charge on any atom is -0.481 e. The van der Waals surface area contributed by atoms with Gasteiger partial charge in [0, 0.05) is 27.7 Å². The molecule has 0 radical (unpaired) electrons. The van der Waals surface area contributed by atoms with Gasteiger partial charge in [0.25, 0.3) is 5.97 Å². The number of aliphatic hydroxyl groups excluding tert-OH is 2. The van der Waals surface area contributed by atoms with E-state index in [1.54, 1.807) is 0 Å². The van der Waals surface area contributed by atoms with Crippen molar-refractivity contribution in [3.05, 3.63) is 0 Å². The Hall–Kier alpha value is -2.24. The molecule has 0 unspecified atom stereocenters. The third-order valence-corrected chi connectivity index (χ3v) is 0.792. The maximum absolute atomic E-state index is 10.0. The monoisotopic (exact) mass is 330 g/mol. The lowest BCUT2D eigenvalue weighted by molar-refractivity contribution is -0.164. The summed E-state index contributed by atoms with van der Waals surface area (Å²) in [6.45, 7) is 3.24. The minimum atomic E-state index is -0.833. The molecule has 11 heteroatoms. The molecule has 0 rings (SSSR count). The predicted molar refractivity (Wildman–Crippen MR) is 69.9 cm³/mol. The summed E-state index contributed by atoms with van der Waals surface area (Å²) in [7, 11) is 0. The number of ether oxygens (including phenoxy) is 3. The molecular formula is C11H22O11. The van der Waals surface area contributed by atoms with Crippen LogP contribution < -0.4 is 0 Å². The Labute approximate surface area is 127 Å². The zero-order valence-electron chi connectivity index (χ0n) is 12.8. The van der Waals surface area contributed by atoms with Crippen molar-refractivity contribution in [1.82, 2.24) is 0 Å². The maximum Gasteiger partial charge on any atom is 0.305 e. The summed E-state index contributed by atoms with van der Waals surface area (Å²) in [4.78, 5) is 38.7. The van der Waals surface area contributed by atoms with E-state index in [1.807, 2.05) is 0 Å². The van der Waals surface area contributed by atoms with E-state index < -0.39 is 37.5 Å². The molecule has 132 valence electrons. The number of hydrogen-bond donors (Lipinski definition) is 4. The average molecular weight is 330 g/mol. The molecule has 0 saturated heterocycles. The van der Waals surface area contributed by atoms with Crippen LogP contribution in [-0.4, -0.2) is 64.7 Å². The zero-order valence-corrected chi connectivity index (χ0v) is 12.8. The van der Waals surface area contributed by atoms with Crippen molar-refractivity contribution in [2.45, 2.75) is 27.7 Å². The Morgan fingerprint density at radius 3 is 1.05 bits per heavy atom. The molecule has 0 aliphatic heterocycles. The van der Waals surface area contributed by atoms with E-state index in [0.717, 1.165) is 6.92 Å². The van der Waals surface area contributed by atoms with Crippen molar-refractivity contribution in [1.29, 1.82) is 0 Å². The highest BCUT2D eigenvalue weighted by Gasteiger charge is 1.93. The van der Waals surface area contributed by atoms with Crippen LogP contribution in [0, 0.1) is 0 Å². The van der Waals surface area contributed by atoms with Crippen molar-refractivity contribution in [3.8, 4) is 0 Å². The lowest BCUT2D eigenvalue weighted by Gasteiger charge is -1.99. The summed E-state index contributed by atoms with van der Waals surface area (Å²) in [5, 5.41) is 29.5. The van der Waals surface area contributed by atoms with Gasteiger partial charge in [0.1, 0.15) is 6.79 Å². The number of esters is 3. The fraction of sp³-hybridized carbons (Fsp3) is 0.636. The molecule has 0 aromatic rings.